The first-order valence-electron chi connectivity index (χ1n) is 10.5. The largest absolute Gasteiger partial charge is 0.497 e. The minimum absolute atomic E-state index is 0.123. The maximum Gasteiger partial charge on any atom is 0.260 e. The van der Waals surface area contributed by atoms with Crippen molar-refractivity contribution in [2.24, 2.45) is 0 Å². The van der Waals surface area contributed by atoms with Crippen LogP contribution in [0.4, 0.5) is 11.4 Å². The first-order valence-corrected chi connectivity index (χ1v) is 11.6. The van der Waals surface area contributed by atoms with Gasteiger partial charge in [-0.1, -0.05) is 0 Å². The van der Waals surface area contributed by atoms with Crippen molar-refractivity contribution < 1.29 is 19.0 Å². The van der Waals surface area contributed by atoms with Crippen molar-refractivity contribution in [1.82, 2.24) is 0 Å². The molecule has 1 N–H and O–H groups in total. The minimum atomic E-state index is -0.123. The SMILES string of the molecule is COc1ccc(CN(C)c2ccc3c(c2)CO/C3=C2/C(=O)Nc3ccc(I)cc32)c(OC)c1. The molecule has 0 unspecified atom stereocenters. The Labute approximate surface area is 206 Å². The highest BCUT2D eigenvalue weighted by atomic mass is 127. The summed E-state index contributed by atoms with van der Waals surface area (Å²) in [7, 11) is 5.35. The number of halogens is 1. The second kappa shape index (κ2) is 8.62. The fraction of sp³-hybridized carbons (Fsp3) is 0.192. The number of carbonyl (C=O) groups is 1. The number of carbonyl (C=O) groups excluding carboxylic acids is 1. The van der Waals surface area contributed by atoms with E-state index < -0.39 is 0 Å². The van der Waals surface area contributed by atoms with Gasteiger partial charge in [0.2, 0.25) is 0 Å². The zero-order valence-electron chi connectivity index (χ0n) is 18.6. The molecule has 3 aromatic rings. The van der Waals surface area contributed by atoms with E-state index in [9.17, 15) is 4.79 Å². The number of hydrogen-bond donors (Lipinski definition) is 1. The summed E-state index contributed by atoms with van der Waals surface area (Å²) in [4.78, 5) is 14.9. The molecule has 0 saturated carbocycles. The molecule has 3 aromatic carbocycles. The van der Waals surface area contributed by atoms with Crippen LogP contribution in [0, 0.1) is 3.57 Å². The smallest absolute Gasteiger partial charge is 0.260 e. The van der Waals surface area contributed by atoms with Crippen LogP contribution < -0.4 is 19.7 Å². The lowest BCUT2D eigenvalue weighted by Crippen LogP contribution is -2.17. The monoisotopic (exact) mass is 554 g/mol. The van der Waals surface area contributed by atoms with Crippen LogP contribution in [0.25, 0.3) is 11.3 Å². The third kappa shape index (κ3) is 3.90. The summed E-state index contributed by atoms with van der Waals surface area (Å²) < 4.78 is 18.0. The van der Waals surface area contributed by atoms with Crippen molar-refractivity contribution in [3.63, 3.8) is 0 Å². The van der Waals surface area contributed by atoms with Gasteiger partial charge in [-0.25, -0.2) is 0 Å². The van der Waals surface area contributed by atoms with Crippen molar-refractivity contribution in [2.45, 2.75) is 13.2 Å². The lowest BCUT2D eigenvalue weighted by Gasteiger charge is -2.21. The molecule has 5 rings (SSSR count). The van der Waals surface area contributed by atoms with Crippen LogP contribution >= 0.6 is 22.6 Å². The Morgan fingerprint density at radius 1 is 1.03 bits per heavy atom. The molecule has 0 radical (unpaired) electrons. The van der Waals surface area contributed by atoms with E-state index in [0.717, 1.165) is 48.7 Å². The van der Waals surface area contributed by atoms with E-state index in [1.165, 1.54) is 0 Å². The van der Waals surface area contributed by atoms with Gasteiger partial charge in [0.15, 0.2) is 0 Å². The van der Waals surface area contributed by atoms with E-state index in [4.69, 9.17) is 14.2 Å². The number of anilines is 2. The number of rotatable bonds is 5. The molecule has 33 heavy (non-hydrogen) atoms. The van der Waals surface area contributed by atoms with Crippen LogP contribution in [0.3, 0.4) is 0 Å². The van der Waals surface area contributed by atoms with Gasteiger partial charge in [-0.2, -0.15) is 0 Å². The Bertz CT molecular complexity index is 1300. The Kier molecular flexibility index (Phi) is 5.65. The zero-order chi connectivity index (χ0) is 23.1. The maximum atomic E-state index is 12.7. The first kappa shape index (κ1) is 21.6. The first-order chi connectivity index (χ1) is 16.0. The molecule has 0 aromatic heterocycles. The van der Waals surface area contributed by atoms with Gasteiger partial charge in [0.25, 0.3) is 5.91 Å². The number of nitrogens with zero attached hydrogens (tertiary/aromatic N) is 1. The van der Waals surface area contributed by atoms with Gasteiger partial charge >= 0.3 is 0 Å². The molecule has 0 fully saturated rings. The van der Waals surface area contributed by atoms with Crippen LogP contribution in [0.15, 0.2) is 54.6 Å². The molecule has 2 aliphatic rings. The minimum Gasteiger partial charge on any atom is -0.497 e. The highest BCUT2D eigenvalue weighted by Crippen LogP contribution is 2.42. The van der Waals surface area contributed by atoms with Crippen molar-refractivity contribution in [2.75, 3.05) is 31.5 Å². The van der Waals surface area contributed by atoms with E-state index in [1.54, 1.807) is 14.2 Å². The Morgan fingerprint density at radius 2 is 1.88 bits per heavy atom. The normalized spacial score (nSPS) is 16.1. The second-order valence-corrected chi connectivity index (χ2v) is 9.26. The standard InChI is InChI=1S/C26H23IN2O4/c1-29(13-15-4-7-19(31-2)12-23(15)32-3)18-6-8-20-16(10-18)14-33-25(20)24-21-11-17(27)5-9-22(21)28-26(24)30/h4-12H,13-14H2,1-3H3,(H,28,30)/b25-24+. The van der Waals surface area contributed by atoms with Crippen LogP contribution in [0.5, 0.6) is 11.5 Å². The lowest BCUT2D eigenvalue weighted by atomic mass is 10.00. The fourth-order valence-corrected chi connectivity index (χ4v) is 4.78. The number of hydrogen-bond acceptors (Lipinski definition) is 5. The Hall–Kier alpha value is -3.20. The average molecular weight is 554 g/mol. The number of methoxy groups -OCH3 is 2. The van der Waals surface area contributed by atoms with Gasteiger partial charge in [0, 0.05) is 56.9 Å². The maximum absolute atomic E-state index is 12.7. The topological polar surface area (TPSA) is 60.0 Å². The number of fused-ring (bicyclic) bond motifs is 2. The molecule has 0 spiro atoms. The zero-order valence-corrected chi connectivity index (χ0v) is 20.7. The summed E-state index contributed by atoms with van der Waals surface area (Å²) in [5.41, 5.74) is 6.47. The summed E-state index contributed by atoms with van der Waals surface area (Å²) in [6.07, 6.45) is 0. The predicted molar refractivity (Wildman–Crippen MR) is 137 cm³/mol. The lowest BCUT2D eigenvalue weighted by molar-refractivity contribution is -0.110. The average Bonchev–Trinajstić information content (AvgIpc) is 3.38. The molecule has 0 saturated heterocycles. The van der Waals surface area contributed by atoms with Gasteiger partial charge in [-0.05, 0) is 71.1 Å². The molecular formula is C26H23IN2O4. The molecule has 0 atom stereocenters. The van der Waals surface area contributed by atoms with Crippen molar-refractivity contribution in [1.29, 1.82) is 0 Å². The quantitative estimate of drug-likeness (QED) is 0.343. The molecule has 7 heteroatoms. The van der Waals surface area contributed by atoms with Gasteiger partial charge < -0.3 is 24.4 Å². The Morgan fingerprint density at radius 3 is 2.67 bits per heavy atom. The highest BCUT2D eigenvalue weighted by Gasteiger charge is 2.32. The van der Waals surface area contributed by atoms with E-state index in [0.29, 0.717) is 24.5 Å². The Balaban J connectivity index is 1.45. The molecular weight excluding hydrogens is 531 g/mol. The molecule has 2 aliphatic heterocycles. The number of nitrogens with one attached hydrogen (secondary N) is 1. The van der Waals surface area contributed by atoms with Crippen LogP contribution in [-0.4, -0.2) is 27.2 Å². The van der Waals surface area contributed by atoms with Crippen molar-refractivity contribution in [3.05, 3.63) is 80.4 Å². The summed E-state index contributed by atoms with van der Waals surface area (Å²) in [6.45, 7) is 1.11. The molecule has 168 valence electrons. The van der Waals surface area contributed by atoms with Crippen molar-refractivity contribution >= 4 is 51.2 Å². The third-order valence-electron chi connectivity index (χ3n) is 6.00. The molecule has 0 aliphatic carbocycles. The summed E-state index contributed by atoms with van der Waals surface area (Å²) in [5, 5.41) is 2.95. The van der Waals surface area contributed by atoms with E-state index in [2.05, 4.69) is 44.9 Å². The van der Waals surface area contributed by atoms with E-state index >= 15 is 0 Å². The van der Waals surface area contributed by atoms with Crippen LogP contribution in [0.2, 0.25) is 0 Å². The van der Waals surface area contributed by atoms with E-state index in [-0.39, 0.29) is 5.91 Å². The molecule has 0 bridgehead atoms. The number of amides is 1. The van der Waals surface area contributed by atoms with Gasteiger partial charge in [-0.15, -0.1) is 0 Å². The second-order valence-electron chi connectivity index (χ2n) is 8.01. The molecule has 1 amide bonds. The third-order valence-corrected chi connectivity index (χ3v) is 6.67. The van der Waals surface area contributed by atoms with Gasteiger partial charge in [0.05, 0.1) is 19.8 Å². The van der Waals surface area contributed by atoms with E-state index in [1.807, 2.05) is 49.5 Å². The molecule has 6 nitrogen and oxygen atoms in total. The fourth-order valence-electron chi connectivity index (χ4n) is 4.29. The van der Waals surface area contributed by atoms with Gasteiger partial charge in [0.1, 0.15) is 23.9 Å². The van der Waals surface area contributed by atoms with Crippen LogP contribution in [-0.2, 0) is 22.7 Å². The molecule has 2 heterocycles. The number of ether oxygens (including phenoxy) is 3. The number of benzene rings is 3. The summed E-state index contributed by atoms with van der Waals surface area (Å²) >= 11 is 2.26. The van der Waals surface area contributed by atoms with Crippen LogP contribution in [0.1, 0.15) is 22.3 Å². The van der Waals surface area contributed by atoms with Crippen molar-refractivity contribution in [3.8, 4) is 11.5 Å². The predicted octanol–water partition coefficient (Wildman–Crippen LogP) is 5.30. The summed E-state index contributed by atoms with van der Waals surface area (Å²) in [5.74, 6) is 2.08. The summed E-state index contributed by atoms with van der Waals surface area (Å²) in [6, 6.07) is 18.0. The highest BCUT2D eigenvalue weighted by molar-refractivity contribution is 14.1. The van der Waals surface area contributed by atoms with Gasteiger partial charge in [-0.3, -0.25) is 4.79 Å².